The van der Waals surface area contributed by atoms with Crippen LogP contribution in [0.25, 0.3) is 44.9 Å². The zero-order valence-electron chi connectivity index (χ0n) is 18.9. The smallest absolute Gasteiger partial charge is 0.182 e. The number of nitrogens with zero attached hydrogens (tertiary/aromatic N) is 6. The lowest BCUT2D eigenvalue weighted by Crippen LogP contribution is -2.03. The number of aryl methyl sites for hydroxylation is 4. The summed E-state index contributed by atoms with van der Waals surface area (Å²) in [4.78, 5) is 18.4. The van der Waals surface area contributed by atoms with E-state index in [1.165, 1.54) is 6.07 Å². The van der Waals surface area contributed by atoms with Crippen LogP contribution >= 0.6 is 11.6 Å². The molecule has 0 N–H and O–H groups in total. The van der Waals surface area contributed by atoms with Crippen LogP contribution in [0.4, 0.5) is 8.78 Å². The van der Waals surface area contributed by atoms with Gasteiger partial charge >= 0.3 is 0 Å². The average molecular weight is 477 g/mol. The Labute approximate surface area is 199 Å². The lowest BCUT2D eigenvalue weighted by Gasteiger charge is -2.12. The topological polar surface area (TPSA) is 69.4 Å². The molecule has 0 atom stereocenters. The Balaban J connectivity index is 1.79. The molecule has 0 saturated carbocycles. The summed E-state index contributed by atoms with van der Waals surface area (Å²) in [5, 5.41) is 4.03. The molecule has 5 rings (SSSR count). The molecule has 34 heavy (non-hydrogen) atoms. The summed E-state index contributed by atoms with van der Waals surface area (Å²) < 4.78 is 30.5. The quantitative estimate of drug-likeness (QED) is 0.298. The largest absolute Gasteiger partial charge is 0.275 e. The molecule has 0 aliphatic rings. The number of hydrogen-bond donors (Lipinski definition) is 0. The highest BCUT2D eigenvalue weighted by Gasteiger charge is 2.20. The summed E-state index contributed by atoms with van der Waals surface area (Å²) in [7, 11) is 1.85. The van der Waals surface area contributed by atoms with E-state index in [9.17, 15) is 8.78 Å². The summed E-state index contributed by atoms with van der Waals surface area (Å²) in [5.74, 6) is -1.30. The zero-order chi connectivity index (χ0) is 24.1. The number of benzene rings is 2. The summed E-state index contributed by atoms with van der Waals surface area (Å²) >= 11 is 5.98. The van der Waals surface area contributed by atoms with Crippen LogP contribution in [0.3, 0.4) is 0 Å². The summed E-state index contributed by atoms with van der Waals surface area (Å²) in [5.41, 5.74) is 5.79. The molecule has 0 unspecified atom stereocenters. The Bertz CT molecular complexity index is 1590. The fraction of sp³-hybridized carbons (Fsp3) is 0.160. The van der Waals surface area contributed by atoms with E-state index in [0.29, 0.717) is 28.4 Å². The second-order valence-electron chi connectivity index (χ2n) is 8.20. The van der Waals surface area contributed by atoms with Crippen molar-refractivity contribution in [3.05, 3.63) is 76.3 Å². The van der Waals surface area contributed by atoms with Gasteiger partial charge in [-0.15, -0.1) is 0 Å². The monoisotopic (exact) mass is 476 g/mol. The predicted molar refractivity (Wildman–Crippen MR) is 127 cm³/mol. The standard InChI is InChI=1S/C25H19ClF2N6/c1-12-5-15(17-10-29-34(4)11-17)7-16(6-12)24-32-22(18-8-19(26)21(28)9-20(18)27)23-25(33-24)31-14(3)13(2)30-23/h5-11H,1-4H3. The van der Waals surface area contributed by atoms with Crippen LogP contribution in [0.2, 0.25) is 5.02 Å². The molecule has 0 aliphatic carbocycles. The van der Waals surface area contributed by atoms with Crippen molar-refractivity contribution in [1.82, 2.24) is 29.7 Å². The maximum atomic E-state index is 14.9. The molecule has 5 aromatic rings. The number of hydrogen-bond acceptors (Lipinski definition) is 5. The van der Waals surface area contributed by atoms with Crippen molar-refractivity contribution in [3.63, 3.8) is 0 Å². The second-order valence-corrected chi connectivity index (χ2v) is 8.61. The average Bonchev–Trinajstić information content (AvgIpc) is 3.22. The number of fused-ring (bicyclic) bond motifs is 1. The van der Waals surface area contributed by atoms with E-state index >= 15 is 0 Å². The first-order valence-corrected chi connectivity index (χ1v) is 10.9. The molecule has 3 heterocycles. The van der Waals surface area contributed by atoms with Crippen molar-refractivity contribution in [1.29, 1.82) is 0 Å². The molecule has 3 aromatic heterocycles. The van der Waals surface area contributed by atoms with Crippen LogP contribution in [-0.4, -0.2) is 29.7 Å². The zero-order valence-corrected chi connectivity index (χ0v) is 19.6. The lowest BCUT2D eigenvalue weighted by molar-refractivity contribution is 0.585. The molecule has 9 heteroatoms. The van der Waals surface area contributed by atoms with Gasteiger partial charge in [-0.05, 0) is 50.1 Å². The van der Waals surface area contributed by atoms with E-state index in [0.717, 1.165) is 28.3 Å². The molecule has 0 saturated heterocycles. The van der Waals surface area contributed by atoms with Crippen molar-refractivity contribution in [2.24, 2.45) is 7.05 Å². The Morgan fingerprint density at radius 1 is 0.794 bits per heavy atom. The first kappa shape index (κ1) is 22.0. The van der Waals surface area contributed by atoms with Crippen LogP contribution in [0, 0.1) is 32.4 Å². The van der Waals surface area contributed by atoms with Crippen LogP contribution in [0.5, 0.6) is 0 Å². The number of halogens is 3. The lowest BCUT2D eigenvalue weighted by atomic mass is 10.0. The van der Waals surface area contributed by atoms with Crippen molar-refractivity contribution < 1.29 is 8.78 Å². The minimum absolute atomic E-state index is 0.0257. The molecular formula is C25H19ClF2N6. The maximum Gasteiger partial charge on any atom is 0.182 e. The van der Waals surface area contributed by atoms with Crippen molar-refractivity contribution in [3.8, 4) is 33.8 Å². The minimum atomic E-state index is -0.848. The highest BCUT2D eigenvalue weighted by atomic mass is 35.5. The summed E-state index contributed by atoms with van der Waals surface area (Å²) in [6, 6.07) is 7.87. The molecule has 0 bridgehead atoms. The molecule has 2 aromatic carbocycles. The SMILES string of the molecule is Cc1cc(-c2cnn(C)c2)cc(-c2nc(-c3cc(Cl)c(F)cc3F)c3nc(C)c(C)nc3n2)c1. The maximum absolute atomic E-state index is 14.9. The Hall–Kier alpha value is -3.78. The first-order chi connectivity index (χ1) is 16.2. The summed E-state index contributed by atoms with van der Waals surface area (Å²) in [6.07, 6.45) is 3.69. The third kappa shape index (κ3) is 3.90. The van der Waals surface area contributed by atoms with Crippen LogP contribution < -0.4 is 0 Å². The Morgan fingerprint density at radius 2 is 1.53 bits per heavy atom. The van der Waals surface area contributed by atoms with Gasteiger partial charge in [-0.1, -0.05) is 17.7 Å². The van der Waals surface area contributed by atoms with E-state index < -0.39 is 11.6 Å². The molecular weight excluding hydrogens is 458 g/mol. The molecule has 0 fully saturated rings. The van der Waals surface area contributed by atoms with Gasteiger partial charge in [0.1, 0.15) is 22.8 Å². The van der Waals surface area contributed by atoms with Crippen LogP contribution in [-0.2, 0) is 7.05 Å². The van der Waals surface area contributed by atoms with Gasteiger partial charge in [-0.25, -0.2) is 28.7 Å². The van der Waals surface area contributed by atoms with Crippen molar-refractivity contribution in [2.75, 3.05) is 0 Å². The van der Waals surface area contributed by atoms with Gasteiger partial charge in [0, 0.05) is 36.0 Å². The van der Waals surface area contributed by atoms with Gasteiger partial charge < -0.3 is 0 Å². The fourth-order valence-electron chi connectivity index (χ4n) is 3.78. The fourth-order valence-corrected chi connectivity index (χ4v) is 3.95. The molecule has 0 aliphatic heterocycles. The van der Waals surface area contributed by atoms with Gasteiger partial charge in [0.25, 0.3) is 0 Å². The number of rotatable bonds is 3. The van der Waals surface area contributed by atoms with E-state index in [4.69, 9.17) is 11.6 Å². The van der Waals surface area contributed by atoms with E-state index in [1.807, 2.05) is 45.3 Å². The molecule has 0 radical (unpaired) electrons. The van der Waals surface area contributed by atoms with Crippen LogP contribution in [0.15, 0.2) is 42.7 Å². The Kier molecular flexibility index (Phi) is 5.32. The molecule has 0 spiro atoms. The molecule has 170 valence electrons. The first-order valence-electron chi connectivity index (χ1n) is 10.5. The Morgan fingerprint density at radius 3 is 2.26 bits per heavy atom. The second kappa shape index (κ2) is 8.22. The molecule has 6 nitrogen and oxygen atoms in total. The molecule has 0 amide bonds. The normalized spacial score (nSPS) is 11.4. The van der Waals surface area contributed by atoms with Crippen molar-refractivity contribution >= 4 is 22.8 Å². The van der Waals surface area contributed by atoms with Crippen LogP contribution in [0.1, 0.15) is 17.0 Å². The number of aromatic nitrogens is 6. The van der Waals surface area contributed by atoms with Gasteiger partial charge in [0.2, 0.25) is 0 Å². The van der Waals surface area contributed by atoms with E-state index in [-0.39, 0.29) is 16.3 Å². The third-order valence-electron chi connectivity index (χ3n) is 5.58. The minimum Gasteiger partial charge on any atom is -0.275 e. The van der Waals surface area contributed by atoms with Gasteiger partial charge in [-0.3, -0.25) is 4.68 Å². The summed E-state index contributed by atoms with van der Waals surface area (Å²) in [6.45, 7) is 5.60. The van der Waals surface area contributed by atoms with Crippen molar-refractivity contribution in [2.45, 2.75) is 20.8 Å². The van der Waals surface area contributed by atoms with Gasteiger partial charge in [0.15, 0.2) is 11.5 Å². The van der Waals surface area contributed by atoms with E-state index in [2.05, 4.69) is 25.0 Å². The van der Waals surface area contributed by atoms with E-state index in [1.54, 1.807) is 17.8 Å². The highest BCUT2D eigenvalue weighted by molar-refractivity contribution is 6.31. The van der Waals surface area contributed by atoms with Gasteiger partial charge in [0.05, 0.1) is 22.6 Å². The third-order valence-corrected chi connectivity index (χ3v) is 5.87. The predicted octanol–water partition coefficient (Wildman–Crippen LogP) is 6.01. The highest BCUT2D eigenvalue weighted by Crippen LogP contribution is 2.33. The van der Waals surface area contributed by atoms with Gasteiger partial charge in [-0.2, -0.15) is 5.10 Å².